The molecule has 0 radical (unpaired) electrons. The summed E-state index contributed by atoms with van der Waals surface area (Å²) in [6, 6.07) is 19.6. The van der Waals surface area contributed by atoms with Gasteiger partial charge in [0.25, 0.3) is 0 Å². The van der Waals surface area contributed by atoms with Gasteiger partial charge in [-0.3, -0.25) is 9.78 Å². The van der Waals surface area contributed by atoms with E-state index in [4.69, 9.17) is 0 Å². The number of rotatable bonds is 8. The Balaban J connectivity index is 0.000000274. The van der Waals surface area contributed by atoms with Gasteiger partial charge in [-0.25, -0.2) is 0 Å². The molecule has 9 rings (SSSR count). The quantitative estimate of drug-likeness (QED) is 0.0499. The van der Waals surface area contributed by atoms with Crippen LogP contribution in [0.25, 0.3) is 32.8 Å². The summed E-state index contributed by atoms with van der Waals surface area (Å²) in [6.07, 6.45) is -49.4. The number of aromatic nitrogens is 2. The van der Waals surface area contributed by atoms with Gasteiger partial charge in [0.1, 0.15) is 6.15 Å². The lowest BCUT2D eigenvalue weighted by Crippen LogP contribution is -2.75. The monoisotopic (exact) mass is 1240 g/mol. The molecule has 0 amide bonds. The Hall–Kier alpha value is -8.59. The Morgan fingerprint density at radius 2 is 0.663 bits per heavy atom. The largest absolute Gasteiger partial charge is 0.416 e. The highest BCUT2D eigenvalue weighted by Crippen LogP contribution is 2.42. The first-order valence-electron chi connectivity index (χ1n) is 24.3. The van der Waals surface area contributed by atoms with Crippen molar-refractivity contribution in [3.63, 3.8) is 0 Å². The number of nitrogens with zero attached hydrogens (tertiary/aromatic N) is 2. The smallest absolute Gasteiger partial charge is 0.287 e. The molecule has 86 heavy (non-hydrogen) atoms. The van der Waals surface area contributed by atoms with E-state index in [1.54, 1.807) is 6.20 Å². The Labute approximate surface area is 467 Å². The predicted molar refractivity (Wildman–Crippen MR) is 266 cm³/mol. The summed E-state index contributed by atoms with van der Waals surface area (Å²) in [5.74, 6) is 0.0770. The molecule has 0 aliphatic heterocycles. The number of hydrogen-bond donors (Lipinski definition) is 0. The number of Topliss-reactive ketones (excluding diaryl/α,β-unsaturated/α-hetero) is 1. The van der Waals surface area contributed by atoms with E-state index < -0.39 is 195 Å². The fraction of sp³-hybridized carbons (Fsp3) is 0.155. The van der Waals surface area contributed by atoms with Crippen LogP contribution in [0.4, 0.5) is 105 Å². The third kappa shape index (κ3) is 13.4. The fourth-order valence-electron chi connectivity index (χ4n) is 9.96. The van der Waals surface area contributed by atoms with Crippen molar-refractivity contribution in [3.8, 4) is 11.3 Å². The molecule has 3 nitrogen and oxygen atoms in total. The van der Waals surface area contributed by atoms with E-state index in [1.165, 1.54) is 16.2 Å². The molecule has 0 fully saturated rings. The lowest BCUT2D eigenvalue weighted by Gasteiger charge is -2.46. The van der Waals surface area contributed by atoms with E-state index in [-0.39, 0.29) is 12.3 Å². The van der Waals surface area contributed by atoms with Crippen LogP contribution in [0.2, 0.25) is 0 Å². The van der Waals surface area contributed by atoms with Crippen LogP contribution in [0.1, 0.15) is 54.9 Å². The summed E-state index contributed by atoms with van der Waals surface area (Å²) in [5, 5.41) is 4.75. The molecule has 9 aromatic rings. The van der Waals surface area contributed by atoms with Gasteiger partial charge in [-0.05, 0) is 51.9 Å². The van der Waals surface area contributed by atoms with Crippen LogP contribution >= 0.6 is 0 Å². The van der Waals surface area contributed by atoms with Crippen LogP contribution in [-0.2, 0) is 56.0 Å². The van der Waals surface area contributed by atoms with Crippen molar-refractivity contribution in [2.24, 2.45) is 0 Å². The van der Waals surface area contributed by atoms with Crippen molar-refractivity contribution < 1.29 is 115 Å². The maximum absolute atomic E-state index is 14.2. The normalized spacial score (nSPS) is 13.2. The fourth-order valence-corrected chi connectivity index (χ4v) is 9.96. The number of carbonyl (C=O) groups is 1. The molecule has 0 spiro atoms. The molecule has 1 heterocycles. The minimum absolute atomic E-state index is 0.0770. The van der Waals surface area contributed by atoms with Gasteiger partial charge >= 0.3 is 49.4 Å². The number of benzene rings is 8. The molecule has 0 aliphatic carbocycles. The average molecular weight is 1240 g/mol. The van der Waals surface area contributed by atoms with Crippen molar-refractivity contribution in [3.05, 3.63) is 226 Å². The summed E-state index contributed by atoms with van der Waals surface area (Å²) in [4.78, 5) is 17.2. The van der Waals surface area contributed by atoms with Crippen molar-refractivity contribution in [1.29, 1.82) is 0 Å². The van der Waals surface area contributed by atoms with Gasteiger partial charge in [0.15, 0.2) is 6.20 Å². The SMILES string of the molecule is FC(F)(F)c1cc([B-](c2cc(C(F)(F)F)cc(C(F)(F)F)c2)(c2cc(C(F)(F)F)cc(C(F)(F)F)c2)c2cc(C(F)(F)F)cc(C(F)(F)F)c2)cc(C(F)(F)F)c1.O=C(C[n+]1ccncc1-c1cc2ccccc2c2ccccc12)c1ccccc1. The summed E-state index contributed by atoms with van der Waals surface area (Å²) < 4.78 is 343. The van der Waals surface area contributed by atoms with Gasteiger partial charge in [0.2, 0.25) is 18.0 Å². The zero-order valence-electron chi connectivity index (χ0n) is 42.4. The predicted octanol–water partition coefficient (Wildman–Crippen LogP) is 16.4. The Morgan fingerprint density at radius 3 is 1.00 bits per heavy atom. The van der Waals surface area contributed by atoms with Gasteiger partial charge < -0.3 is 0 Å². The molecule has 1 aromatic heterocycles. The zero-order chi connectivity index (χ0) is 63.5. The molecule has 0 saturated carbocycles. The molecular formula is C58H31BF24N2O. The van der Waals surface area contributed by atoms with Crippen LogP contribution in [0, 0.1) is 0 Å². The second kappa shape index (κ2) is 22.4. The van der Waals surface area contributed by atoms with Gasteiger partial charge in [-0.1, -0.05) is 127 Å². The Kier molecular flexibility index (Phi) is 16.5. The average Bonchev–Trinajstić information content (AvgIpc) is 0.802. The van der Waals surface area contributed by atoms with Crippen LogP contribution in [0.15, 0.2) is 176 Å². The number of fused-ring (bicyclic) bond motifs is 3. The maximum Gasteiger partial charge on any atom is 0.416 e. The summed E-state index contributed by atoms with van der Waals surface area (Å²) in [7, 11) is 0. The lowest BCUT2D eigenvalue weighted by atomic mass is 9.12. The topological polar surface area (TPSA) is 33.8 Å². The minimum atomic E-state index is -6.13. The standard InChI is InChI=1S/C32H12BF24.C26H19N2O/c34-25(35,36)13-1-14(26(37,38)39)6-21(5-13)33(22-7-15(27(40,41)42)2-16(8-22)28(43,44)45,23-9-17(29(46,47)48)3-18(10-23)30(49,50)51)24-11-19(31(52,53)54)4-20(12-24)32(55,56)57;29-26(19-8-2-1-3-9-19)18-28-15-14-27-17-25(28)24-16-20-10-4-5-11-21(20)22-12-6-7-13-23(22)24/h1-12H;1-17H,18H2/q-1;+1. The highest BCUT2D eigenvalue weighted by Gasteiger charge is 2.47. The molecule has 0 atom stereocenters. The Morgan fingerprint density at radius 1 is 0.360 bits per heavy atom. The molecule has 0 N–H and O–H groups in total. The molecule has 0 unspecified atom stereocenters. The van der Waals surface area contributed by atoms with E-state index in [0.717, 1.165) is 16.6 Å². The summed E-state index contributed by atoms with van der Waals surface area (Å²) in [6.45, 7) is 0.267. The third-order valence-electron chi connectivity index (χ3n) is 13.7. The van der Waals surface area contributed by atoms with Crippen LogP contribution in [0.5, 0.6) is 0 Å². The van der Waals surface area contributed by atoms with Crippen molar-refractivity contribution in [2.45, 2.75) is 56.0 Å². The van der Waals surface area contributed by atoms with E-state index >= 15 is 0 Å². The van der Waals surface area contributed by atoms with Gasteiger partial charge in [0, 0.05) is 5.56 Å². The van der Waals surface area contributed by atoms with Crippen molar-refractivity contribution >= 4 is 55.3 Å². The van der Waals surface area contributed by atoms with E-state index in [1.807, 2.05) is 47.3 Å². The summed E-state index contributed by atoms with van der Waals surface area (Å²) in [5.41, 5.74) is -27.5. The molecule has 0 bridgehead atoms. The summed E-state index contributed by atoms with van der Waals surface area (Å²) >= 11 is 0. The molecule has 0 aliphatic rings. The minimum Gasteiger partial charge on any atom is -0.287 e. The van der Waals surface area contributed by atoms with Crippen LogP contribution in [0.3, 0.4) is 0 Å². The van der Waals surface area contributed by atoms with Gasteiger partial charge in [-0.2, -0.15) is 132 Å². The number of alkyl halides is 24. The van der Waals surface area contributed by atoms with Crippen LogP contribution in [-0.4, -0.2) is 16.9 Å². The molecular weight excluding hydrogens is 1210 g/mol. The number of hydrogen-bond acceptors (Lipinski definition) is 2. The second-order valence-electron chi connectivity index (χ2n) is 19.3. The highest BCUT2D eigenvalue weighted by atomic mass is 19.4. The number of ketones is 1. The Bertz CT molecular complexity index is 3570. The van der Waals surface area contributed by atoms with E-state index in [9.17, 15) is 110 Å². The first-order valence-corrected chi connectivity index (χ1v) is 24.3. The first-order chi connectivity index (χ1) is 39.6. The second-order valence-corrected chi connectivity index (χ2v) is 19.3. The first kappa shape index (κ1) is 63.4. The highest BCUT2D eigenvalue weighted by molar-refractivity contribution is 7.20. The van der Waals surface area contributed by atoms with Crippen LogP contribution < -0.4 is 26.4 Å². The maximum atomic E-state index is 14.2. The van der Waals surface area contributed by atoms with E-state index in [2.05, 4.69) is 59.6 Å². The lowest BCUT2D eigenvalue weighted by molar-refractivity contribution is -0.672. The van der Waals surface area contributed by atoms with Gasteiger partial charge in [-0.15, -0.1) is 0 Å². The van der Waals surface area contributed by atoms with Crippen molar-refractivity contribution in [1.82, 2.24) is 4.98 Å². The molecule has 28 heteroatoms. The van der Waals surface area contributed by atoms with Gasteiger partial charge in [0.05, 0.1) is 62.5 Å². The number of halogens is 24. The van der Waals surface area contributed by atoms with E-state index in [0.29, 0.717) is 5.56 Å². The third-order valence-corrected chi connectivity index (χ3v) is 13.7. The van der Waals surface area contributed by atoms with Crippen molar-refractivity contribution in [2.75, 3.05) is 0 Å². The number of carbonyl (C=O) groups excluding carboxylic acids is 1. The molecule has 450 valence electrons. The zero-order valence-corrected chi connectivity index (χ0v) is 42.4. The molecule has 0 saturated heterocycles. The molecule has 8 aromatic carbocycles.